The van der Waals surface area contributed by atoms with E-state index in [1.54, 1.807) is 29.4 Å². The number of nitrogens with one attached hydrogen (secondary N) is 1. The Balaban J connectivity index is 1.31. The van der Waals surface area contributed by atoms with Gasteiger partial charge in [0.25, 0.3) is 5.91 Å². The van der Waals surface area contributed by atoms with Crippen LogP contribution in [-0.2, 0) is 4.79 Å². The Kier molecular flexibility index (Phi) is 5.31. The number of pyridine rings is 2. The van der Waals surface area contributed by atoms with Gasteiger partial charge in [0.2, 0.25) is 5.91 Å². The average Bonchev–Trinajstić information content (AvgIpc) is 3.46. The van der Waals surface area contributed by atoms with Crippen molar-refractivity contribution in [3.05, 3.63) is 53.3 Å². The monoisotopic (exact) mass is 438 g/mol. The van der Waals surface area contributed by atoms with Crippen LogP contribution in [-0.4, -0.2) is 67.2 Å². The Morgan fingerprint density at radius 3 is 2.77 bits per heavy atom. The smallest absolute Gasteiger partial charge is 0.256 e. The maximum Gasteiger partial charge on any atom is 0.256 e. The van der Waals surface area contributed by atoms with E-state index in [4.69, 9.17) is 16.6 Å². The summed E-state index contributed by atoms with van der Waals surface area (Å²) < 4.78 is 0. The molecule has 0 spiro atoms. The van der Waals surface area contributed by atoms with Crippen LogP contribution in [0.1, 0.15) is 47.8 Å². The van der Waals surface area contributed by atoms with Gasteiger partial charge in [-0.1, -0.05) is 11.6 Å². The predicted octanol–water partition coefficient (Wildman–Crippen LogP) is 3.02. The summed E-state index contributed by atoms with van der Waals surface area (Å²) in [4.78, 5) is 46.2. The third-order valence-corrected chi connectivity index (χ3v) is 6.42. The summed E-state index contributed by atoms with van der Waals surface area (Å²) in [6, 6.07) is 4.71. The number of hydrogen-bond acceptors (Lipinski definition) is 5. The van der Waals surface area contributed by atoms with Crippen LogP contribution in [0.25, 0.3) is 11.0 Å². The first-order valence-corrected chi connectivity index (χ1v) is 11.0. The van der Waals surface area contributed by atoms with Crippen LogP contribution >= 0.6 is 11.6 Å². The highest BCUT2D eigenvalue weighted by molar-refractivity contribution is 6.29. The number of H-pyrrole nitrogens is 1. The van der Waals surface area contributed by atoms with E-state index in [0.717, 1.165) is 36.1 Å². The van der Waals surface area contributed by atoms with Crippen LogP contribution in [0.2, 0.25) is 5.15 Å². The van der Waals surface area contributed by atoms with E-state index >= 15 is 0 Å². The summed E-state index contributed by atoms with van der Waals surface area (Å²) >= 11 is 5.84. The highest BCUT2D eigenvalue weighted by Gasteiger charge is 2.38. The maximum atomic E-state index is 13.4. The number of halogens is 1. The van der Waals surface area contributed by atoms with Crippen molar-refractivity contribution < 1.29 is 9.59 Å². The lowest BCUT2D eigenvalue weighted by Crippen LogP contribution is -2.50. The first-order chi connectivity index (χ1) is 15.1. The highest BCUT2D eigenvalue weighted by Crippen LogP contribution is 2.29. The lowest BCUT2D eigenvalue weighted by molar-refractivity contribution is -0.136. The van der Waals surface area contributed by atoms with Gasteiger partial charge in [0, 0.05) is 37.9 Å². The number of imidazole rings is 1. The Labute approximate surface area is 184 Å². The number of nitrogens with zero attached hydrogens (tertiary/aromatic N) is 5. The Morgan fingerprint density at radius 1 is 1.10 bits per heavy atom. The topological polar surface area (TPSA) is 95.1 Å². The summed E-state index contributed by atoms with van der Waals surface area (Å²) in [5.41, 5.74) is 2.25. The van der Waals surface area contributed by atoms with Crippen LogP contribution in [0.15, 0.2) is 36.8 Å². The van der Waals surface area contributed by atoms with Gasteiger partial charge < -0.3 is 14.8 Å². The molecule has 2 atom stereocenters. The van der Waals surface area contributed by atoms with Crippen molar-refractivity contribution in [1.29, 1.82) is 0 Å². The lowest BCUT2D eigenvalue weighted by atomic mass is 9.96. The van der Waals surface area contributed by atoms with Gasteiger partial charge in [-0.15, -0.1) is 0 Å². The van der Waals surface area contributed by atoms with Gasteiger partial charge in [-0.25, -0.2) is 9.97 Å². The standard InChI is InChI=1S/C22H23ClN6O2/c23-19-6-5-14(11-25-19)21(30)29-10-2-4-18(29)22(31)28-9-1-3-15(13-28)20-26-16-7-8-24-12-17(16)27-20/h5-8,11-12,15,18H,1-4,9-10,13H2,(H,26,27)/t15?,18-/m1/s1. The fraction of sp³-hybridized carbons (Fsp3) is 0.409. The molecule has 2 fully saturated rings. The number of carbonyl (C=O) groups is 2. The van der Waals surface area contributed by atoms with E-state index in [0.29, 0.717) is 36.8 Å². The number of likely N-dealkylation sites (tertiary alicyclic amines) is 2. The summed E-state index contributed by atoms with van der Waals surface area (Å²) in [6.07, 6.45) is 8.35. The molecular weight excluding hydrogens is 416 g/mol. The summed E-state index contributed by atoms with van der Waals surface area (Å²) in [5.74, 6) is 0.900. The van der Waals surface area contributed by atoms with Crippen LogP contribution in [0, 0.1) is 0 Å². The van der Waals surface area contributed by atoms with Crippen molar-refractivity contribution >= 4 is 34.4 Å². The molecule has 2 aliphatic heterocycles. The van der Waals surface area contributed by atoms with E-state index in [-0.39, 0.29) is 17.7 Å². The number of carbonyl (C=O) groups excluding carboxylic acids is 2. The van der Waals surface area contributed by atoms with Crippen molar-refractivity contribution in [3.63, 3.8) is 0 Å². The number of fused-ring (bicyclic) bond motifs is 1. The number of rotatable bonds is 3. The molecule has 0 radical (unpaired) electrons. The van der Waals surface area contributed by atoms with Crippen molar-refractivity contribution in [2.45, 2.75) is 37.6 Å². The molecule has 2 aliphatic rings. The molecule has 0 aromatic carbocycles. The molecule has 3 aromatic rings. The van der Waals surface area contributed by atoms with Gasteiger partial charge in [-0.3, -0.25) is 14.6 Å². The van der Waals surface area contributed by atoms with Gasteiger partial charge in [0.15, 0.2) is 0 Å². The number of hydrogen-bond donors (Lipinski definition) is 1. The zero-order chi connectivity index (χ0) is 21.4. The second kappa shape index (κ2) is 8.26. The summed E-state index contributed by atoms with van der Waals surface area (Å²) in [5, 5.41) is 0.339. The minimum atomic E-state index is -0.429. The predicted molar refractivity (Wildman–Crippen MR) is 116 cm³/mol. The summed E-state index contributed by atoms with van der Waals surface area (Å²) in [6.45, 7) is 1.89. The molecule has 1 unspecified atom stereocenters. The zero-order valence-electron chi connectivity index (χ0n) is 17.0. The first-order valence-electron chi connectivity index (χ1n) is 10.6. The van der Waals surface area contributed by atoms with E-state index in [9.17, 15) is 9.59 Å². The van der Waals surface area contributed by atoms with Gasteiger partial charge >= 0.3 is 0 Å². The summed E-state index contributed by atoms with van der Waals surface area (Å²) in [7, 11) is 0. The van der Waals surface area contributed by atoms with Crippen LogP contribution in [0.5, 0.6) is 0 Å². The fourth-order valence-electron chi connectivity index (χ4n) is 4.62. The molecule has 2 saturated heterocycles. The molecule has 0 bridgehead atoms. The molecule has 0 aliphatic carbocycles. The first kappa shape index (κ1) is 19.9. The molecule has 5 heterocycles. The zero-order valence-corrected chi connectivity index (χ0v) is 17.8. The Hall–Kier alpha value is -3.00. The van der Waals surface area contributed by atoms with Crippen molar-refractivity contribution in [1.82, 2.24) is 29.7 Å². The van der Waals surface area contributed by atoms with Crippen molar-refractivity contribution in [3.8, 4) is 0 Å². The quantitative estimate of drug-likeness (QED) is 0.634. The number of aromatic amines is 1. The van der Waals surface area contributed by atoms with Gasteiger partial charge in [0.1, 0.15) is 17.0 Å². The SMILES string of the molecule is O=C([C@H]1CCCN1C(=O)c1ccc(Cl)nc1)N1CCCC(c2nc3ccncc3[nH]2)C1. The molecule has 3 aromatic heterocycles. The van der Waals surface area contributed by atoms with Crippen molar-refractivity contribution in [2.24, 2.45) is 0 Å². The third-order valence-electron chi connectivity index (χ3n) is 6.19. The number of amides is 2. The number of piperidine rings is 1. The minimum Gasteiger partial charge on any atom is -0.340 e. The average molecular weight is 439 g/mol. The molecule has 160 valence electrons. The molecule has 9 heteroatoms. The second-order valence-corrected chi connectivity index (χ2v) is 8.55. The molecule has 5 rings (SSSR count). The second-order valence-electron chi connectivity index (χ2n) is 8.16. The van der Waals surface area contributed by atoms with E-state index in [2.05, 4.69) is 15.0 Å². The van der Waals surface area contributed by atoms with Crippen LogP contribution in [0.4, 0.5) is 0 Å². The normalized spacial score (nSPS) is 21.6. The molecule has 8 nitrogen and oxygen atoms in total. The van der Waals surface area contributed by atoms with Crippen LogP contribution < -0.4 is 0 Å². The van der Waals surface area contributed by atoms with Gasteiger partial charge in [-0.2, -0.15) is 0 Å². The van der Waals surface area contributed by atoms with Crippen LogP contribution in [0.3, 0.4) is 0 Å². The molecule has 2 amide bonds. The van der Waals surface area contributed by atoms with Gasteiger partial charge in [-0.05, 0) is 43.9 Å². The van der Waals surface area contributed by atoms with E-state index in [1.807, 2.05) is 11.0 Å². The lowest BCUT2D eigenvalue weighted by Gasteiger charge is -2.35. The molecule has 31 heavy (non-hydrogen) atoms. The maximum absolute atomic E-state index is 13.4. The number of aromatic nitrogens is 4. The minimum absolute atomic E-state index is 0.0234. The Morgan fingerprint density at radius 2 is 1.97 bits per heavy atom. The third kappa shape index (κ3) is 3.87. The van der Waals surface area contributed by atoms with Crippen molar-refractivity contribution in [2.75, 3.05) is 19.6 Å². The van der Waals surface area contributed by atoms with E-state index < -0.39 is 6.04 Å². The molecule has 1 N–H and O–H groups in total. The Bertz CT molecular complexity index is 1080. The molecular formula is C22H23ClN6O2. The molecule has 0 saturated carbocycles. The van der Waals surface area contributed by atoms with Gasteiger partial charge in [0.05, 0.1) is 22.8 Å². The highest BCUT2D eigenvalue weighted by atomic mass is 35.5. The van der Waals surface area contributed by atoms with E-state index in [1.165, 1.54) is 6.20 Å². The fourth-order valence-corrected chi connectivity index (χ4v) is 4.73. The largest absolute Gasteiger partial charge is 0.340 e.